The molecule has 0 radical (unpaired) electrons. The van der Waals surface area contributed by atoms with E-state index in [0.717, 1.165) is 0 Å². The summed E-state index contributed by atoms with van der Waals surface area (Å²) in [7, 11) is 1.50. The maximum absolute atomic E-state index is 13.3. The fourth-order valence-electron chi connectivity index (χ4n) is 3.65. The predicted octanol–water partition coefficient (Wildman–Crippen LogP) is 4.11. The van der Waals surface area contributed by atoms with Gasteiger partial charge < -0.3 is 20.1 Å². The Labute approximate surface area is 201 Å². The summed E-state index contributed by atoms with van der Waals surface area (Å²) in [6, 6.07) is 19.4. The first kappa shape index (κ1) is 23.1. The average molecular weight is 480 g/mol. The summed E-state index contributed by atoms with van der Waals surface area (Å²) in [6.07, 6.45) is -0.247. The van der Waals surface area contributed by atoms with E-state index in [1.165, 1.54) is 12.0 Å². The normalized spacial score (nSPS) is 14.6. The highest BCUT2D eigenvalue weighted by molar-refractivity contribution is 6.30. The van der Waals surface area contributed by atoms with Gasteiger partial charge in [0.25, 0.3) is 5.91 Å². The molecule has 1 aliphatic rings. The number of ether oxygens (including phenoxy) is 2. The molecule has 4 rings (SSSR count). The van der Waals surface area contributed by atoms with Gasteiger partial charge >= 0.3 is 0 Å². The maximum atomic E-state index is 13.3. The minimum Gasteiger partial charge on any atom is -0.493 e. The van der Waals surface area contributed by atoms with Gasteiger partial charge in [-0.25, -0.2) is 0 Å². The lowest BCUT2D eigenvalue weighted by Gasteiger charge is -2.36. The van der Waals surface area contributed by atoms with Gasteiger partial charge in [0.2, 0.25) is 11.8 Å². The number of halogens is 1. The molecule has 8 nitrogen and oxygen atoms in total. The molecule has 3 aromatic carbocycles. The van der Waals surface area contributed by atoms with Crippen LogP contribution in [0.3, 0.4) is 0 Å². The molecule has 3 amide bonds. The Balaban J connectivity index is 1.55. The van der Waals surface area contributed by atoms with E-state index in [0.29, 0.717) is 33.6 Å². The number of hydrogen-bond donors (Lipinski definition) is 2. The van der Waals surface area contributed by atoms with E-state index < -0.39 is 23.8 Å². The molecule has 9 heteroatoms. The molecule has 0 unspecified atom stereocenters. The molecule has 34 heavy (non-hydrogen) atoms. The zero-order valence-electron chi connectivity index (χ0n) is 18.3. The van der Waals surface area contributed by atoms with Crippen LogP contribution in [0.25, 0.3) is 0 Å². The van der Waals surface area contributed by atoms with Crippen molar-refractivity contribution in [1.29, 1.82) is 0 Å². The van der Waals surface area contributed by atoms with Gasteiger partial charge in [0, 0.05) is 10.7 Å². The first-order valence-electron chi connectivity index (χ1n) is 10.5. The fraction of sp³-hybridized carbons (Fsp3) is 0.160. The SMILES string of the molecule is COc1ccccc1OCC(=O)N1c2ccccc2NC(=O)[C@@H]1CC(=O)Nc1ccc(Cl)cc1. The Hall–Kier alpha value is -4.04. The number of benzene rings is 3. The van der Waals surface area contributed by atoms with Crippen LogP contribution in [-0.4, -0.2) is 37.5 Å². The first-order valence-corrected chi connectivity index (χ1v) is 10.9. The van der Waals surface area contributed by atoms with Crippen molar-refractivity contribution in [1.82, 2.24) is 0 Å². The van der Waals surface area contributed by atoms with E-state index in [1.807, 2.05) is 0 Å². The number of carbonyl (C=O) groups excluding carboxylic acids is 3. The lowest BCUT2D eigenvalue weighted by Crippen LogP contribution is -2.53. The number of rotatable bonds is 7. The molecule has 0 saturated carbocycles. The van der Waals surface area contributed by atoms with Crippen LogP contribution in [0.1, 0.15) is 6.42 Å². The Morgan fingerprint density at radius 3 is 2.41 bits per heavy atom. The van der Waals surface area contributed by atoms with Crippen LogP contribution in [0.2, 0.25) is 5.02 Å². The average Bonchev–Trinajstić information content (AvgIpc) is 2.84. The summed E-state index contributed by atoms with van der Waals surface area (Å²) in [5, 5.41) is 6.04. The standard InChI is InChI=1S/C25H22ClN3O5/c1-33-21-8-4-5-9-22(21)34-15-24(31)29-19-7-3-2-6-18(19)28-25(32)20(29)14-23(30)27-17-12-10-16(26)11-13-17/h2-13,20H,14-15H2,1H3,(H,27,30)(H,28,32)/t20-/m0/s1. The van der Waals surface area contributed by atoms with Gasteiger partial charge in [-0.2, -0.15) is 0 Å². The molecular weight excluding hydrogens is 458 g/mol. The van der Waals surface area contributed by atoms with E-state index in [4.69, 9.17) is 21.1 Å². The van der Waals surface area contributed by atoms with Crippen LogP contribution in [0.15, 0.2) is 72.8 Å². The first-order chi connectivity index (χ1) is 16.5. The summed E-state index contributed by atoms with van der Waals surface area (Å²) in [5.74, 6) is -0.491. The summed E-state index contributed by atoms with van der Waals surface area (Å²) in [6.45, 7) is -0.350. The van der Waals surface area contributed by atoms with Gasteiger partial charge in [0.1, 0.15) is 6.04 Å². The van der Waals surface area contributed by atoms with Gasteiger partial charge in [-0.3, -0.25) is 19.3 Å². The largest absolute Gasteiger partial charge is 0.493 e. The third-order valence-electron chi connectivity index (χ3n) is 5.23. The van der Waals surface area contributed by atoms with Gasteiger partial charge in [0.15, 0.2) is 18.1 Å². The number of amides is 3. The molecule has 1 heterocycles. The molecule has 0 fully saturated rings. The van der Waals surface area contributed by atoms with Crippen molar-refractivity contribution in [2.75, 3.05) is 29.3 Å². The zero-order chi connectivity index (χ0) is 24.1. The highest BCUT2D eigenvalue weighted by atomic mass is 35.5. The quantitative estimate of drug-likeness (QED) is 0.531. The fourth-order valence-corrected chi connectivity index (χ4v) is 3.78. The number of nitrogens with zero attached hydrogens (tertiary/aromatic N) is 1. The minimum atomic E-state index is -1.06. The molecule has 0 bridgehead atoms. The Bertz CT molecular complexity index is 1220. The van der Waals surface area contributed by atoms with Gasteiger partial charge in [0.05, 0.1) is 24.9 Å². The molecule has 174 valence electrons. The van der Waals surface area contributed by atoms with Crippen molar-refractivity contribution < 1.29 is 23.9 Å². The molecule has 0 saturated heterocycles. The van der Waals surface area contributed by atoms with Crippen LogP contribution >= 0.6 is 11.6 Å². The van der Waals surface area contributed by atoms with Crippen LogP contribution < -0.4 is 25.0 Å². The third kappa shape index (κ3) is 5.13. The number of hydrogen-bond acceptors (Lipinski definition) is 5. The minimum absolute atomic E-state index is 0.247. The van der Waals surface area contributed by atoms with Gasteiger partial charge in [-0.1, -0.05) is 35.9 Å². The van der Waals surface area contributed by atoms with Crippen molar-refractivity contribution in [2.45, 2.75) is 12.5 Å². The maximum Gasteiger partial charge on any atom is 0.265 e. The van der Waals surface area contributed by atoms with Crippen LogP contribution in [0.4, 0.5) is 17.1 Å². The summed E-state index contributed by atoms with van der Waals surface area (Å²) in [5.41, 5.74) is 1.50. The third-order valence-corrected chi connectivity index (χ3v) is 5.48. The highest BCUT2D eigenvalue weighted by Crippen LogP contribution is 2.33. The van der Waals surface area contributed by atoms with E-state index in [1.54, 1.807) is 72.8 Å². The second kappa shape index (κ2) is 10.3. The second-order valence-corrected chi connectivity index (χ2v) is 7.92. The monoisotopic (exact) mass is 479 g/mol. The number of anilines is 3. The Morgan fingerprint density at radius 1 is 1.00 bits per heavy atom. The number of fused-ring (bicyclic) bond motifs is 1. The van der Waals surface area contributed by atoms with Crippen LogP contribution in [-0.2, 0) is 14.4 Å². The van der Waals surface area contributed by atoms with Crippen molar-refractivity contribution in [2.24, 2.45) is 0 Å². The predicted molar refractivity (Wildman–Crippen MR) is 130 cm³/mol. The highest BCUT2D eigenvalue weighted by Gasteiger charge is 2.38. The number of carbonyl (C=O) groups is 3. The van der Waals surface area contributed by atoms with Gasteiger partial charge in [-0.05, 0) is 48.5 Å². The topological polar surface area (TPSA) is 97.0 Å². The number of methoxy groups -OCH3 is 1. The van der Waals surface area contributed by atoms with Crippen LogP contribution in [0, 0.1) is 0 Å². The number of para-hydroxylation sites is 4. The summed E-state index contributed by atoms with van der Waals surface area (Å²) >= 11 is 5.89. The molecular formula is C25H22ClN3O5. The molecule has 1 aliphatic heterocycles. The van der Waals surface area contributed by atoms with E-state index in [2.05, 4.69) is 10.6 Å². The van der Waals surface area contributed by atoms with Crippen molar-refractivity contribution >= 4 is 46.4 Å². The van der Waals surface area contributed by atoms with Crippen molar-refractivity contribution in [3.8, 4) is 11.5 Å². The summed E-state index contributed by atoms with van der Waals surface area (Å²) in [4.78, 5) is 40.3. The van der Waals surface area contributed by atoms with E-state index in [9.17, 15) is 14.4 Å². The molecule has 1 atom stereocenters. The smallest absolute Gasteiger partial charge is 0.265 e. The summed E-state index contributed by atoms with van der Waals surface area (Å²) < 4.78 is 11.0. The number of nitrogens with one attached hydrogen (secondary N) is 2. The van der Waals surface area contributed by atoms with Crippen molar-refractivity contribution in [3.05, 3.63) is 77.8 Å². The Morgan fingerprint density at radius 2 is 1.68 bits per heavy atom. The lowest BCUT2D eigenvalue weighted by atomic mass is 10.0. The lowest BCUT2D eigenvalue weighted by molar-refractivity contribution is -0.127. The molecule has 3 aromatic rings. The van der Waals surface area contributed by atoms with Crippen molar-refractivity contribution in [3.63, 3.8) is 0 Å². The molecule has 0 aromatic heterocycles. The Kier molecular flexibility index (Phi) is 6.98. The van der Waals surface area contributed by atoms with E-state index >= 15 is 0 Å². The van der Waals surface area contributed by atoms with E-state index in [-0.39, 0.29) is 13.0 Å². The van der Waals surface area contributed by atoms with Gasteiger partial charge in [-0.15, -0.1) is 0 Å². The molecule has 0 spiro atoms. The second-order valence-electron chi connectivity index (χ2n) is 7.48. The molecule has 0 aliphatic carbocycles. The molecule has 2 N–H and O–H groups in total. The zero-order valence-corrected chi connectivity index (χ0v) is 19.0. The van der Waals surface area contributed by atoms with Crippen LogP contribution in [0.5, 0.6) is 11.5 Å².